The van der Waals surface area contributed by atoms with Crippen LogP contribution in [0.1, 0.15) is 35.1 Å². The SMILES string of the molecule is CN1CCCC(c2nccc(C(=O)O)n2)C1. The average Bonchev–Trinajstić information content (AvgIpc) is 2.29. The van der Waals surface area contributed by atoms with E-state index in [0.29, 0.717) is 5.82 Å². The molecule has 0 spiro atoms. The number of piperidine rings is 1. The highest BCUT2D eigenvalue weighted by Gasteiger charge is 2.21. The van der Waals surface area contributed by atoms with Gasteiger partial charge in [0.05, 0.1) is 0 Å². The van der Waals surface area contributed by atoms with Gasteiger partial charge in [0, 0.05) is 18.7 Å². The summed E-state index contributed by atoms with van der Waals surface area (Å²) in [7, 11) is 2.06. The zero-order valence-electron chi connectivity index (χ0n) is 9.26. The first-order chi connectivity index (χ1) is 7.66. The normalized spacial score (nSPS) is 21.9. The zero-order valence-corrected chi connectivity index (χ0v) is 9.26. The number of rotatable bonds is 2. The van der Waals surface area contributed by atoms with Gasteiger partial charge in [-0.25, -0.2) is 14.8 Å². The molecule has 1 saturated heterocycles. The Bertz CT molecular complexity index is 395. The number of carboxylic acids is 1. The van der Waals surface area contributed by atoms with Crippen LogP contribution in [0.3, 0.4) is 0 Å². The Labute approximate surface area is 94.1 Å². The molecule has 2 rings (SSSR count). The number of carboxylic acid groups (broad SMARTS) is 1. The minimum Gasteiger partial charge on any atom is -0.477 e. The number of hydrogen-bond donors (Lipinski definition) is 1. The Kier molecular flexibility index (Phi) is 3.14. The van der Waals surface area contributed by atoms with Crippen LogP contribution in [0, 0.1) is 0 Å². The number of aromatic nitrogens is 2. The first-order valence-electron chi connectivity index (χ1n) is 5.41. The van der Waals surface area contributed by atoms with Crippen LogP contribution in [0.25, 0.3) is 0 Å². The van der Waals surface area contributed by atoms with Gasteiger partial charge in [-0.05, 0) is 32.5 Å². The molecule has 5 heteroatoms. The van der Waals surface area contributed by atoms with Crippen LogP contribution in [0.2, 0.25) is 0 Å². The molecular formula is C11H15N3O2. The van der Waals surface area contributed by atoms with E-state index in [9.17, 15) is 4.79 Å². The van der Waals surface area contributed by atoms with Crippen molar-refractivity contribution in [2.24, 2.45) is 0 Å². The quantitative estimate of drug-likeness (QED) is 0.806. The molecule has 1 atom stereocenters. The predicted octanol–water partition coefficient (Wildman–Crippen LogP) is 0.984. The highest BCUT2D eigenvalue weighted by atomic mass is 16.4. The molecule has 0 radical (unpaired) electrons. The fraction of sp³-hybridized carbons (Fsp3) is 0.545. The van der Waals surface area contributed by atoms with Crippen LogP contribution in [-0.4, -0.2) is 46.1 Å². The third-order valence-electron chi connectivity index (χ3n) is 2.88. The Morgan fingerprint density at radius 3 is 3.12 bits per heavy atom. The van der Waals surface area contributed by atoms with Gasteiger partial charge < -0.3 is 10.0 Å². The molecule has 0 aromatic carbocycles. The van der Waals surface area contributed by atoms with Crippen molar-refractivity contribution in [1.29, 1.82) is 0 Å². The summed E-state index contributed by atoms with van der Waals surface area (Å²) in [6.07, 6.45) is 3.68. The highest BCUT2D eigenvalue weighted by Crippen LogP contribution is 2.23. The third kappa shape index (κ3) is 2.36. The molecule has 5 nitrogen and oxygen atoms in total. The number of likely N-dealkylation sites (tertiary alicyclic amines) is 1. The molecule has 0 saturated carbocycles. The first-order valence-corrected chi connectivity index (χ1v) is 5.41. The third-order valence-corrected chi connectivity index (χ3v) is 2.88. The van der Waals surface area contributed by atoms with Gasteiger partial charge in [-0.3, -0.25) is 0 Å². The molecule has 0 bridgehead atoms. The smallest absolute Gasteiger partial charge is 0.354 e. The Morgan fingerprint density at radius 1 is 1.62 bits per heavy atom. The summed E-state index contributed by atoms with van der Waals surface area (Å²) in [6.45, 7) is 2.00. The molecule has 1 unspecified atom stereocenters. The predicted molar refractivity (Wildman–Crippen MR) is 58.5 cm³/mol. The maximum Gasteiger partial charge on any atom is 0.354 e. The number of likely N-dealkylation sites (N-methyl/N-ethyl adjacent to an activating group) is 1. The molecule has 1 aliphatic heterocycles. The molecular weight excluding hydrogens is 206 g/mol. The van der Waals surface area contributed by atoms with Crippen molar-refractivity contribution >= 4 is 5.97 Å². The monoisotopic (exact) mass is 221 g/mol. The zero-order chi connectivity index (χ0) is 11.5. The van der Waals surface area contributed by atoms with E-state index in [1.807, 2.05) is 0 Å². The van der Waals surface area contributed by atoms with Crippen LogP contribution in [0.4, 0.5) is 0 Å². The minimum absolute atomic E-state index is 0.0817. The van der Waals surface area contributed by atoms with Crippen molar-refractivity contribution in [3.05, 3.63) is 23.8 Å². The van der Waals surface area contributed by atoms with Gasteiger partial charge in [0.25, 0.3) is 0 Å². The van der Waals surface area contributed by atoms with E-state index >= 15 is 0 Å². The summed E-state index contributed by atoms with van der Waals surface area (Å²) in [5.74, 6) is -0.0719. The number of carbonyl (C=O) groups is 1. The van der Waals surface area contributed by atoms with E-state index in [1.165, 1.54) is 12.3 Å². The molecule has 1 aromatic rings. The summed E-state index contributed by atoms with van der Waals surface area (Å²) in [6, 6.07) is 1.43. The summed E-state index contributed by atoms with van der Waals surface area (Å²) >= 11 is 0. The first kappa shape index (κ1) is 11.0. The summed E-state index contributed by atoms with van der Waals surface area (Å²) < 4.78 is 0. The fourth-order valence-corrected chi connectivity index (χ4v) is 2.07. The summed E-state index contributed by atoms with van der Waals surface area (Å²) in [4.78, 5) is 21.3. The lowest BCUT2D eigenvalue weighted by Crippen LogP contribution is -2.31. The Hall–Kier alpha value is -1.49. The molecule has 1 N–H and O–H groups in total. The van der Waals surface area contributed by atoms with Gasteiger partial charge >= 0.3 is 5.97 Å². The lowest BCUT2D eigenvalue weighted by Gasteiger charge is -2.28. The number of hydrogen-bond acceptors (Lipinski definition) is 4. The number of aromatic carboxylic acids is 1. The van der Waals surface area contributed by atoms with Crippen LogP contribution in [0.5, 0.6) is 0 Å². The van der Waals surface area contributed by atoms with Gasteiger partial charge in [0.2, 0.25) is 0 Å². The van der Waals surface area contributed by atoms with Crippen molar-refractivity contribution in [1.82, 2.24) is 14.9 Å². The summed E-state index contributed by atoms with van der Waals surface area (Å²) in [5.41, 5.74) is 0.0817. The Morgan fingerprint density at radius 2 is 2.44 bits per heavy atom. The standard InChI is InChI=1S/C11H15N3O2/c1-14-6-2-3-8(7-14)10-12-5-4-9(13-10)11(15)16/h4-5,8H,2-3,6-7H2,1H3,(H,15,16). The summed E-state index contributed by atoms with van der Waals surface area (Å²) in [5, 5.41) is 8.86. The van der Waals surface area contributed by atoms with E-state index in [-0.39, 0.29) is 11.6 Å². The lowest BCUT2D eigenvalue weighted by molar-refractivity contribution is 0.0689. The van der Waals surface area contributed by atoms with E-state index in [1.54, 1.807) is 0 Å². The van der Waals surface area contributed by atoms with Gasteiger partial charge in [0.15, 0.2) is 5.69 Å². The van der Waals surface area contributed by atoms with Crippen LogP contribution in [-0.2, 0) is 0 Å². The molecule has 16 heavy (non-hydrogen) atoms. The van der Waals surface area contributed by atoms with Gasteiger partial charge in [-0.2, -0.15) is 0 Å². The molecule has 86 valence electrons. The fourth-order valence-electron chi connectivity index (χ4n) is 2.07. The van der Waals surface area contributed by atoms with Crippen molar-refractivity contribution in [2.75, 3.05) is 20.1 Å². The molecule has 1 aliphatic rings. The van der Waals surface area contributed by atoms with Gasteiger partial charge in [-0.1, -0.05) is 0 Å². The number of nitrogens with zero attached hydrogens (tertiary/aromatic N) is 3. The second-order valence-electron chi connectivity index (χ2n) is 4.21. The van der Waals surface area contributed by atoms with Gasteiger partial charge in [-0.15, -0.1) is 0 Å². The molecule has 2 heterocycles. The largest absolute Gasteiger partial charge is 0.477 e. The Balaban J connectivity index is 2.19. The average molecular weight is 221 g/mol. The van der Waals surface area contributed by atoms with Gasteiger partial charge in [0.1, 0.15) is 5.82 Å². The lowest BCUT2D eigenvalue weighted by atomic mass is 9.97. The molecule has 0 aliphatic carbocycles. The topological polar surface area (TPSA) is 66.3 Å². The maximum absolute atomic E-state index is 10.8. The van der Waals surface area contributed by atoms with Crippen LogP contribution < -0.4 is 0 Å². The van der Waals surface area contributed by atoms with E-state index < -0.39 is 5.97 Å². The molecule has 0 amide bonds. The second kappa shape index (κ2) is 4.57. The van der Waals surface area contributed by atoms with Crippen molar-refractivity contribution < 1.29 is 9.90 Å². The maximum atomic E-state index is 10.8. The van der Waals surface area contributed by atoms with E-state index in [0.717, 1.165) is 25.9 Å². The van der Waals surface area contributed by atoms with Crippen LogP contribution >= 0.6 is 0 Å². The van der Waals surface area contributed by atoms with Crippen molar-refractivity contribution in [3.8, 4) is 0 Å². The second-order valence-corrected chi connectivity index (χ2v) is 4.21. The van der Waals surface area contributed by atoms with Crippen molar-refractivity contribution in [2.45, 2.75) is 18.8 Å². The molecule has 1 aromatic heterocycles. The van der Waals surface area contributed by atoms with Crippen molar-refractivity contribution in [3.63, 3.8) is 0 Å². The molecule has 1 fully saturated rings. The highest BCUT2D eigenvalue weighted by molar-refractivity contribution is 5.85. The van der Waals surface area contributed by atoms with E-state index in [4.69, 9.17) is 5.11 Å². The van der Waals surface area contributed by atoms with Crippen LogP contribution in [0.15, 0.2) is 12.3 Å². The van der Waals surface area contributed by atoms with E-state index in [2.05, 4.69) is 21.9 Å². The minimum atomic E-state index is -0.993.